The van der Waals surface area contributed by atoms with E-state index in [1.54, 1.807) is 0 Å². The van der Waals surface area contributed by atoms with Crippen LogP contribution in [-0.4, -0.2) is 15.9 Å². The Morgan fingerprint density at radius 3 is 2.53 bits per heavy atom. The molecule has 0 aliphatic heterocycles. The first-order chi connectivity index (χ1) is 8.95. The first-order valence-electron chi connectivity index (χ1n) is 4.92. The molecule has 0 fully saturated rings. The molecule has 1 amide bonds. The highest BCUT2D eigenvalue weighted by Crippen LogP contribution is 2.18. The van der Waals surface area contributed by atoms with Gasteiger partial charge in [-0.2, -0.15) is 0 Å². The minimum Gasteiger partial charge on any atom is -0.306 e. The number of aromatic nitrogens is 2. The van der Waals surface area contributed by atoms with Gasteiger partial charge in [-0.05, 0) is 29.8 Å². The summed E-state index contributed by atoms with van der Waals surface area (Å²) in [4.78, 5) is 19.2. The number of nitrogens with one attached hydrogen (secondary N) is 1. The van der Waals surface area contributed by atoms with Crippen molar-refractivity contribution in [1.82, 2.24) is 9.97 Å². The van der Waals surface area contributed by atoms with Gasteiger partial charge in [0.05, 0.1) is 5.02 Å². The van der Waals surface area contributed by atoms with Crippen molar-refractivity contribution in [3.8, 4) is 0 Å². The number of rotatable bonds is 2. The van der Waals surface area contributed by atoms with Gasteiger partial charge < -0.3 is 5.32 Å². The van der Waals surface area contributed by atoms with E-state index in [0.717, 1.165) is 6.07 Å². The van der Waals surface area contributed by atoms with Crippen molar-refractivity contribution in [2.45, 2.75) is 0 Å². The molecule has 0 saturated heterocycles. The summed E-state index contributed by atoms with van der Waals surface area (Å²) in [7, 11) is 0. The van der Waals surface area contributed by atoms with Gasteiger partial charge in [0, 0.05) is 11.6 Å². The van der Waals surface area contributed by atoms with Gasteiger partial charge in [0.15, 0.2) is 0 Å². The van der Waals surface area contributed by atoms with E-state index in [2.05, 4.69) is 15.3 Å². The second-order valence-electron chi connectivity index (χ2n) is 3.43. The third-order valence-corrected chi connectivity index (χ3v) is 2.76. The number of anilines is 1. The standard InChI is InChI=1S/C11H5Cl3FN3O/c12-6-2-1-5(3-7(6)15)10(19)17-9-4-8(13)16-11(14)18-9/h1-4H,(H,16,17,18,19). The third-order valence-electron chi connectivity index (χ3n) is 2.09. The average Bonchev–Trinajstić information content (AvgIpc) is 2.31. The maximum atomic E-state index is 13.2. The molecule has 0 bridgehead atoms. The van der Waals surface area contributed by atoms with Gasteiger partial charge in [0.1, 0.15) is 16.8 Å². The predicted octanol–water partition coefficient (Wildman–Crippen LogP) is 3.83. The molecule has 0 radical (unpaired) electrons. The van der Waals surface area contributed by atoms with E-state index in [9.17, 15) is 9.18 Å². The van der Waals surface area contributed by atoms with Crippen LogP contribution in [0, 0.1) is 5.82 Å². The fraction of sp³-hybridized carbons (Fsp3) is 0. The fourth-order valence-corrected chi connectivity index (χ4v) is 1.81. The highest BCUT2D eigenvalue weighted by atomic mass is 35.5. The van der Waals surface area contributed by atoms with Crippen LogP contribution in [0.5, 0.6) is 0 Å². The molecule has 1 N–H and O–H groups in total. The molecule has 2 aromatic rings. The highest BCUT2D eigenvalue weighted by molar-refractivity contribution is 6.32. The maximum absolute atomic E-state index is 13.2. The molecule has 0 aliphatic rings. The van der Waals surface area contributed by atoms with Crippen molar-refractivity contribution >= 4 is 46.5 Å². The van der Waals surface area contributed by atoms with Crippen molar-refractivity contribution < 1.29 is 9.18 Å². The van der Waals surface area contributed by atoms with Crippen LogP contribution in [0.1, 0.15) is 10.4 Å². The van der Waals surface area contributed by atoms with E-state index in [-0.39, 0.29) is 26.8 Å². The number of hydrogen-bond acceptors (Lipinski definition) is 3. The molecule has 1 aromatic heterocycles. The van der Waals surface area contributed by atoms with E-state index >= 15 is 0 Å². The Morgan fingerprint density at radius 2 is 1.89 bits per heavy atom. The van der Waals surface area contributed by atoms with Crippen LogP contribution in [0.15, 0.2) is 24.3 Å². The predicted molar refractivity (Wildman–Crippen MR) is 71.4 cm³/mol. The number of nitrogens with zero attached hydrogens (tertiary/aromatic N) is 2. The smallest absolute Gasteiger partial charge is 0.256 e. The van der Waals surface area contributed by atoms with E-state index < -0.39 is 11.7 Å². The minimum atomic E-state index is -0.687. The van der Waals surface area contributed by atoms with Gasteiger partial charge in [-0.1, -0.05) is 23.2 Å². The normalized spacial score (nSPS) is 10.3. The topological polar surface area (TPSA) is 54.9 Å². The zero-order valence-corrected chi connectivity index (χ0v) is 11.4. The number of carbonyl (C=O) groups is 1. The zero-order chi connectivity index (χ0) is 14.0. The second kappa shape index (κ2) is 5.69. The molecule has 98 valence electrons. The fourth-order valence-electron chi connectivity index (χ4n) is 1.28. The lowest BCUT2D eigenvalue weighted by molar-refractivity contribution is 0.102. The molecule has 0 saturated carbocycles. The van der Waals surface area contributed by atoms with Crippen LogP contribution in [0.2, 0.25) is 15.5 Å². The lowest BCUT2D eigenvalue weighted by Crippen LogP contribution is -2.13. The zero-order valence-electron chi connectivity index (χ0n) is 9.12. The van der Waals surface area contributed by atoms with Crippen molar-refractivity contribution in [2.24, 2.45) is 0 Å². The third kappa shape index (κ3) is 3.53. The monoisotopic (exact) mass is 319 g/mol. The lowest BCUT2D eigenvalue weighted by Gasteiger charge is -2.05. The summed E-state index contributed by atoms with van der Waals surface area (Å²) >= 11 is 16.8. The van der Waals surface area contributed by atoms with Crippen molar-refractivity contribution in [1.29, 1.82) is 0 Å². The maximum Gasteiger partial charge on any atom is 0.256 e. The largest absolute Gasteiger partial charge is 0.306 e. The molecule has 0 atom stereocenters. The van der Waals surface area contributed by atoms with Gasteiger partial charge in [-0.15, -0.1) is 0 Å². The number of amides is 1. The Morgan fingerprint density at radius 1 is 1.16 bits per heavy atom. The number of benzene rings is 1. The van der Waals surface area contributed by atoms with Crippen LogP contribution < -0.4 is 5.32 Å². The number of carbonyl (C=O) groups excluding carboxylic acids is 1. The molecule has 1 aromatic carbocycles. The first kappa shape index (κ1) is 14.0. The van der Waals surface area contributed by atoms with Gasteiger partial charge >= 0.3 is 0 Å². The van der Waals surface area contributed by atoms with Crippen molar-refractivity contribution in [3.63, 3.8) is 0 Å². The molecule has 0 unspecified atom stereocenters. The summed E-state index contributed by atoms with van der Waals surface area (Å²) in [6.07, 6.45) is 0. The Bertz CT molecular complexity index is 631. The van der Waals surface area contributed by atoms with E-state index in [1.807, 2.05) is 0 Å². The molecule has 2 rings (SSSR count). The van der Waals surface area contributed by atoms with Crippen molar-refractivity contribution in [3.05, 3.63) is 51.1 Å². The molecule has 8 heteroatoms. The molecule has 1 heterocycles. The molecule has 0 spiro atoms. The van der Waals surface area contributed by atoms with E-state index in [0.29, 0.717) is 0 Å². The SMILES string of the molecule is O=C(Nc1cc(Cl)nc(Cl)n1)c1ccc(Cl)c(F)c1. The molecule has 19 heavy (non-hydrogen) atoms. The molecular weight excluding hydrogens is 315 g/mol. The van der Waals surface area contributed by atoms with Crippen LogP contribution in [0.4, 0.5) is 10.2 Å². The lowest BCUT2D eigenvalue weighted by atomic mass is 10.2. The summed E-state index contributed by atoms with van der Waals surface area (Å²) in [5, 5.41) is 2.33. The first-order valence-corrected chi connectivity index (χ1v) is 6.05. The van der Waals surface area contributed by atoms with Gasteiger partial charge in [0.2, 0.25) is 5.28 Å². The number of hydrogen-bond donors (Lipinski definition) is 1. The second-order valence-corrected chi connectivity index (χ2v) is 4.56. The van der Waals surface area contributed by atoms with Gasteiger partial charge in [-0.25, -0.2) is 14.4 Å². The van der Waals surface area contributed by atoms with Crippen LogP contribution >= 0.6 is 34.8 Å². The summed E-state index contributed by atoms with van der Waals surface area (Å²) < 4.78 is 13.2. The summed E-state index contributed by atoms with van der Waals surface area (Å²) in [5.41, 5.74) is 0.0905. The Balaban J connectivity index is 2.22. The Labute approximate surface area is 122 Å². The van der Waals surface area contributed by atoms with Gasteiger partial charge in [-0.3, -0.25) is 4.79 Å². The summed E-state index contributed by atoms with van der Waals surface area (Å²) in [6, 6.07) is 5.00. The summed E-state index contributed by atoms with van der Waals surface area (Å²) in [5.74, 6) is -1.14. The molecule has 4 nitrogen and oxygen atoms in total. The number of halogens is 4. The average molecular weight is 321 g/mol. The Hall–Kier alpha value is -1.43. The van der Waals surface area contributed by atoms with E-state index in [1.165, 1.54) is 18.2 Å². The Kier molecular flexibility index (Phi) is 4.19. The van der Waals surface area contributed by atoms with Crippen molar-refractivity contribution in [2.75, 3.05) is 5.32 Å². The van der Waals surface area contributed by atoms with Gasteiger partial charge in [0.25, 0.3) is 5.91 Å². The molecular formula is C11H5Cl3FN3O. The quantitative estimate of drug-likeness (QED) is 0.676. The van der Waals surface area contributed by atoms with Crippen LogP contribution in [0.25, 0.3) is 0 Å². The van der Waals surface area contributed by atoms with E-state index in [4.69, 9.17) is 34.8 Å². The van der Waals surface area contributed by atoms with Crippen LogP contribution in [-0.2, 0) is 0 Å². The minimum absolute atomic E-state index is 0.0651. The highest BCUT2D eigenvalue weighted by Gasteiger charge is 2.11. The van der Waals surface area contributed by atoms with Crippen LogP contribution in [0.3, 0.4) is 0 Å². The summed E-state index contributed by atoms with van der Waals surface area (Å²) in [6.45, 7) is 0. The molecule has 0 aliphatic carbocycles.